The second kappa shape index (κ2) is 8.14. The maximum Gasteiger partial charge on any atom is 0.414 e. The lowest BCUT2D eigenvalue weighted by atomic mass is 10.1. The molecule has 0 amide bonds. The summed E-state index contributed by atoms with van der Waals surface area (Å²) in [5.74, 6) is -0.108. The van der Waals surface area contributed by atoms with Gasteiger partial charge in [-0.15, -0.1) is 34.9 Å². The molecular weight excluding hydrogens is 341 g/mol. The van der Waals surface area contributed by atoms with E-state index in [2.05, 4.69) is 0 Å². The number of allylic oxidation sites excluding steroid dienone is 1. The average molecular weight is 356 g/mol. The number of carbonyl (C=O) groups is 1. The molecule has 0 atom stereocenters. The molecule has 1 rings (SSSR count). The van der Waals surface area contributed by atoms with Crippen molar-refractivity contribution in [3.8, 4) is 0 Å². The van der Waals surface area contributed by atoms with E-state index in [4.69, 9.17) is 5.11 Å². The Bertz CT molecular complexity index is 513. The molecule has 0 saturated carbocycles. The van der Waals surface area contributed by atoms with Gasteiger partial charge in [-0.3, -0.25) is 0 Å². The Morgan fingerprint density at radius 3 is 2.29 bits per heavy atom. The molecule has 8 heteroatoms. The molecule has 1 heterocycles. The fraction of sp³-hybridized carbons (Fsp3) is 0.462. The van der Waals surface area contributed by atoms with Crippen LogP contribution in [-0.4, -0.2) is 28.8 Å². The quantitative estimate of drug-likeness (QED) is 0.722. The van der Waals surface area contributed by atoms with E-state index in [1.807, 2.05) is 0 Å². The van der Waals surface area contributed by atoms with Gasteiger partial charge < -0.3 is 5.11 Å². The van der Waals surface area contributed by atoms with E-state index < -0.39 is 24.1 Å². The summed E-state index contributed by atoms with van der Waals surface area (Å²) >= 11 is 3.25. The Morgan fingerprint density at radius 1 is 1.29 bits per heavy atom. The van der Waals surface area contributed by atoms with Crippen LogP contribution in [0.15, 0.2) is 21.3 Å². The summed E-state index contributed by atoms with van der Waals surface area (Å²) in [6.45, 7) is 3.59. The average Bonchev–Trinajstić information content (AvgIpc) is 2.82. The Morgan fingerprint density at radius 2 is 1.86 bits per heavy atom. The van der Waals surface area contributed by atoms with Crippen molar-refractivity contribution in [1.82, 2.24) is 0 Å². The van der Waals surface area contributed by atoms with Crippen LogP contribution in [0.2, 0.25) is 0 Å². The van der Waals surface area contributed by atoms with Gasteiger partial charge >= 0.3 is 12.1 Å². The summed E-state index contributed by atoms with van der Waals surface area (Å²) < 4.78 is 40.2. The number of hydrogen-bond acceptors (Lipinski definition) is 4. The minimum atomic E-state index is -4.46. The molecule has 0 aromatic carbocycles. The van der Waals surface area contributed by atoms with Crippen LogP contribution in [0.25, 0.3) is 0 Å². The Labute approximate surface area is 133 Å². The topological polar surface area (TPSA) is 37.3 Å². The number of halogens is 3. The van der Waals surface area contributed by atoms with Gasteiger partial charge in [-0.2, -0.15) is 13.2 Å². The SMILES string of the molecule is CCSC(SCC)=C(Cc1ccsc1C(=O)O)C(F)(F)F. The molecule has 0 unspecified atom stereocenters. The van der Waals surface area contributed by atoms with E-state index in [9.17, 15) is 18.0 Å². The lowest BCUT2D eigenvalue weighted by Crippen LogP contribution is -2.16. The van der Waals surface area contributed by atoms with Crippen LogP contribution in [0.3, 0.4) is 0 Å². The van der Waals surface area contributed by atoms with Crippen LogP contribution in [0.4, 0.5) is 13.2 Å². The molecule has 0 saturated heterocycles. The number of rotatable bonds is 7. The number of carboxylic acid groups (broad SMARTS) is 1. The number of thioether (sulfide) groups is 2. The normalized spacial score (nSPS) is 11.5. The first-order valence-corrected chi connectivity index (χ1v) is 9.01. The van der Waals surface area contributed by atoms with Crippen molar-refractivity contribution in [3.05, 3.63) is 31.7 Å². The Hall–Kier alpha value is -0.600. The van der Waals surface area contributed by atoms with E-state index in [0.29, 0.717) is 11.5 Å². The maximum absolute atomic E-state index is 13.3. The molecule has 0 spiro atoms. The van der Waals surface area contributed by atoms with E-state index in [1.165, 1.54) is 11.4 Å². The highest BCUT2D eigenvalue weighted by Crippen LogP contribution is 2.41. The molecule has 2 nitrogen and oxygen atoms in total. The second-order valence-corrected chi connectivity index (χ2v) is 7.61. The van der Waals surface area contributed by atoms with Crippen molar-refractivity contribution in [2.24, 2.45) is 0 Å². The number of aromatic carboxylic acids is 1. The van der Waals surface area contributed by atoms with Crippen LogP contribution in [0, 0.1) is 0 Å². The predicted molar refractivity (Wildman–Crippen MR) is 84.3 cm³/mol. The lowest BCUT2D eigenvalue weighted by Gasteiger charge is -2.17. The fourth-order valence-corrected chi connectivity index (χ4v) is 4.67. The summed E-state index contributed by atoms with van der Waals surface area (Å²) in [5, 5.41) is 10.5. The van der Waals surface area contributed by atoms with E-state index in [0.717, 1.165) is 34.9 Å². The number of hydrogen-bond donors (Lipinski definition) is 1. The summed E-state index contributed by atoms with van der Waals surface area (Å²) in [4.78, 5) is 11.0. The van der Waals surface area contributed by atoms with Crippen LogP contribution in [0.5, 0.6) is 0 Å². The molecule has 0 fully saturated rings. The van der Waals surface area contributed by atoms with Crippen molar-refractivity contribution in [2.75, 3.05) is 11.5 Å². The van der Waals surface area contributed by atoms with E-state index in [1.54, 1.807) is 13.8 Å². The zero-order chi connectivity index (χ0) is 16.0. The standard InChI is InChI=1S/C13H15F3O2S3/c1-3-19-12(20-4-2)9(13(14,15)16)7-8-5-6-21-10(8)11(17)18/h5-6H,3-4,7H2,1-2H3,(H,17,18). The number of carboxylic acids is 1. The van der Waals surface area contributed by atoms with Crippen LogP contribution >= 0.6 is 34.9 Å². The van der Waals surface area contributed by atoms with Gasteiger partial charge in [0.1, 0.15) is 4.88 Å². The molecule has 0 radical (unpaired) electrons. The third-order valence-electron chi connectivity index (χ3n) is 2.45. The molecular formula is C13H15F3O2S3. The van der Waals surface area contributed by atoms with Gasteiger partial charge in [0.15, 0.2) is 0 Å². The summed E-state index contributed by atoms with van der Waals surface area (Å²) in [6.07, 6.45) is -4.86. The fourth-order valence-electron chi connectivity index (χ4n) is 1.62. The molecule has 0 aliphatic heterocycles. The van der Waals surface area contributed by atoms with E-state index >= 15 is 0 Å². The summed E-state index contributed by atoms with van der Waals surface area (Å²) in [6, 6.07) is 1.45. The Kier molecular flexibility index (Phi) is 7.15. The van der Waals surface area contributed by atoms with Crippen molar-refractivity contribution in [3.63, 3.8) is 0 Å². The van der Waals surface area contributed by atoms with Crippen LogP contribution in [0.1, 0.15) is 29.1 Å². The first-order valence-electron chi connectivity index (χ1n) is 6.16. The zero-order valence-electron chi connectivity index (χ0n) is 11.5. The summed E-state index contributed by atoms with van der Waals surface area (Å²) in [5.41, 5.74) is -0.437. The second-order valence-electron chi connectivity index (χ2n) is 3.89. The van der Waals surface area contributed by atoms with E-state index in [-0.39, 0.29) is 14.7 Å². The molecule has 0 aliphatic rings. The van der Waals surface area contributed by atoms with Gasteiger partial charge in [0.05, 0.1) is 5.57 Å². The summed E-state index contributed by atoms with van der Waals surface area (Å²) in [7, 11) is 0. The van der Waals surface area contributed by atoms with Crippen molar-refractivity contribution in [1.29, 1.82) is 0 Å². The molecule has 1 N–H and O–H groups in total. The minimum absolute atomic E-state index is 0.0286. The minimum Gasteiger partial charge on any atom is -0.477 e. The zero-order valence-corrected chi connectivity index (χ0v) is 13.9. The van der Waals surface area contributed by atoms with Gasteiger partial charge in [-0.1, -0.05) is 13.8 Å². The lowest BCUT2D eigenvalue weighted by molar-refractivity contribution is -0.0931. The van der Waals surface area contributed by atoms with Gasteiger partial charge in [0.25, 0.3) is 0 Å². The third kappa shape index (κ3) is 5.27. The third-order valence-corrected chi connectivity index (χ3v) is 5.69. The molecule has 21 heavy (non-hydrogen) atoms. The Balaban J connectivity index is 3.22. The van der Waals surface area contributed by atoms with Gasteiger partial charge in [0.2, 0.25) is 0 Å². The van der Waals surface area contributed by atoms with Crippen molar-refractivity contribution in [2.45, 2.75) is 26.4 Å². The molecule has 1 aromatic heterocycles. The van der Waals surface area contributed by atoms with Gasteiger partial charge in [0, 0.05) is 10.7 Å². The highest BCUT2D eigenvalue weighted by Gasteiger charge is 2.37. The molecule has 1 aromatic rings. The number of alkyl halides is 3. The first kappa shape index (κ1) is 18.4. The molecule has 0 bridgehead atoms. The predicted octanol–water partition coefficient (Wildman–Crippen LogP) is 5.27. The first-order chi connectivity index (χ1) is 9.81. The van der Waals surface area contributed by atoms with Gasteiger partial charge in [-0.05, 0) is 28.5 Å². The van der Waals surface area contributed by atoms with Gasteiger partial charge in [-0.25, -0.2) is 4.79 Å². The highest BCUT2D eigenvalue weighted by molar-refractivity contribution is 8.22. The largest absolute Gasteiger partial charge is 0.477 e. The molecule has 0 aliphatic carbocycles. The van der Waals surface area contributed by atoms with Crippen LogP contribution in [-0.2, 0) is 6.42 Å². The van der Waals surface area contributed by atoms with Crippen LogP contribution < -0.4 is 0 Å². The molecule has 118 valence electrons. The van der Waals surface area contributed by atoms with Crippen molar-refractivity contribution < 1.29 is 23.1 Å². The maximum atomic E-state index is 13.3. The number of thiophene rings is 1. The monoisotopic (exact) mass is 356 g/mol. The smallest absolute Gasteiger partial charge is 0.414 e. The van der Waals surface area contributed by atoms with Crippen molar-refractivity contribution >= 4 is 40.8 Å². The highest BCUT2D eigenvalue weighted by atomic mass is 32.2.